The van der Waals surface area contributed by atoms with E-state index in [4.69, 9.17) is 10.5 Å². The summed E-state index contributed by atoms with van der Waals surface area (Å²) in [4.78, 5) is 7.48. The van der Waals surface area contributed by atoms with Crippen LogP contribution in [0.2, 0.25) is 0 Å². The highest BCUT2D eigenvalue weighted by Gasteiger charge is 2.33. The largest absolute Gasteiger partial charge is 0.420 e. The van der Waals surface area contributed by atoms with Crippen LogP contribution in [0.1, 0.15) is 48.3 Å². The Hall–Kier alpha value is -2.74. The number of nitrogens with zero attached hydrogens (tertiary/aromatic N) is 2. The van der Waals surface area contributed by atoms with Gasteiger partial charge in [0, 0.05) is 0 Å². The normalized spacial score (nSPS) is 17.1. The summed E-state index contributed by atoms with van der Waals surface area (Å²) in [5.41, 5.74) is 9.34. The number of rotatable bonds is 2. The second kappa shape index (κ2) is 5.23. The van der Waals surface area contributed by atoms with E-state index in [0.29, 0.717) is 17.4 Å². The topological polar surface area (TPSA) is 87.7 Å². The van der Waals surface area contributed by atoms with E-state index in [-0.39, 0.29) is 11.8 Å². The van der Waals surface area contributed by atoms with Gasteiger partial charge in [-0.1, -0.05) is 38.1 Å². The van der Waals surface area contributed by atoms with Gasteiger partial charge in [-0.3, -0.25) is 0 Å². The Balaban J connectivity index is 2.12. The molecule has 2 heterocycles. The van der Waals surface area contributed by atoms with Gasteiger partial charge in [0.15, 0.2) is 0 Å². The summed E-state index contributed by atoms with van der Waals surface area (Å²) in [5, 5.41) is 9.47. The maximum Gasteiger partial charge on any atom is 0.243 e. The van der Waals surface area contributed by atoms with Crippen LogP contribution in [0.25, 0.3) is 0 Å². The lowest BCUT2D eigenvalue weighted by molar-refractivity contribution is 0.379. The van der Waals surface area contributed by atoms with Crippen LogP contribution in [0.4, 0.5) is 0 Å². The van der Waals surface area contributed by atoms with Crippen LogP contribution in [0.15, 0.2) is 35.7 Å². The predicted molar refractivity (Wildman–Crippen MR) is 83.2 cm³/mol. The second-order valence-corrected chi connectivity index (χ2v) is 5.79. The molecule has 1 atom stereocenters. The summed E-state index contributed by atoms with van der Waals surface area (Å²) in [7, 11) is 0. The molecule has 22 heavy (non-hydrogen) atoms. The molecule has 1 aromatic heterocycles. The minimum Gasteiger partial charge on any atom is -0.420 e. The van der Waals surface area contributed by atoms with Gasteiger partial charge in [-0.15, -0.1) is 0 Å². The fourth-order valence-electron chi connectivity index (χ4n) is 2.73. The van der Waals surface area contributed by atoms with Crippen LogP contribution >= 0.6 is 0 Å². The minimum absolute atomic E-state index is 0.124. The summed E-state index contributed by atoms with van der Waals surface area (Å²) in [6.07, 6.45) is 0. The van der Waals surface area contributed by atoms with Crippen LogP contribution in [0.5, 0.6) is 5.88 Å². The number of aromatic amines is 1. The zero-order chi connectivity index (χ0) is 15.9. The number of benzene rings is 1. The highest BCUT2D eigenvalue weighted by Crippen LogP contribution is 2.40. The Bertz CT molecular complexity index is 778. The number of ether oxygens (including phenoxy) is 1. The van der Waals surface area contributed by atoms with Crippen LogP contribution in [-0.2, 0) is 0 Å². The Morgan fingerprint density at radius 2 is 2.00 bits per heavy atom. The lowest BCUT2D eigenvalue weighted by Crippen LogP contribution is -2.21. The van der Waals surface area contributed by atoms with Crippen molar-refractivity contribution in [2.75, 3.05) is 0 Å². The molecule has 0 amide bonds. The Morgan fingerprint density at radius 3 is 2.59 bits per heavy atom. The van der Waals surface area contributed by atoms with E-state index in [9.17, 15) is 5.26 Å². The summed E-state index contributed by atoms with van der Waals surface area (Å²) >= 11 is 0. The molecular weight excluding hydrogens is 276 g/mol. The molecule has 3 N–H and O–H groups in total. The number of nitriles is 1. The van der Waals surface area contributed by atoms with Crippen molar-refractivity contribution in [3.63, 3.8) is 0 Å². The Morgan fingerprint density at radius 1 is 1.32 bits per heavy atom. The number of allylic oxidation sites excluding steroid dienone is 1. The average molecular weight is 294 g/mol. The SMILES string of the molecule is Cc1nc2c([nH]1)[C@H](c1ccc(C(C)C)cc1)C(C#N)=C(N)O2. The summed E-state index contributed by atoms with van der Waals surface area (Å²) in [5.74, 6) is 1.51. The number of hydrogen-bond donors (Lipinski definition) is 2. The van der Waals surface area contributed by atoms with Crippen LogP contribution in [0, 0.1) is 18.3 Å². The number of nitrogens with one attached hydrogen (secondary N) is 1. The number of H-pyrrole nitrogens is 1. The maximum absolute atomic E-state index is 9.47. The number of imidazole rings is 1. The highest BCUT2D eigenvalue weighted by molar-refractivity contribution is 5.51. The van der Waals surface area contributed by atoms with Crippen molar-refractivity contribution in [2.45, 2.75) is 32.6 Å². The van der Waals surface area contributed by atoms with Crippen molar-refractivity contribution in [1.82, 2.24) is 9.97 Å². The van der Waals surface area contributed by atoms with E-state index in [1.807, 2.05) is 19.1 Å². The van der Waals surface area contributed by atoms with Crippen molar-refractivity contribution >= 4 is 0 Å². The molecule has 1 aromatic carbocycles. The van der Waals surface area contributed by atoms with Gasteiger partial charge in [-0.25, -0.2) is 0 Å². The molecule has 0 saturated carbocycles. The van der Waals surface area contributed by atoms with Gasteiger partial charge >= 0.3 is 0 Å². The van der Waals surface area contributed by atoms with E-state index in [1.165, 1.54) is 5.56 Å². The number of aryl methyl sites for hydroxylation is 1. The lowest BCUT2D eigenvalue weighted by atomic mass is 9.86. The molecule has 1 aliphatic rings. The van der Waals surface area contributed by atoms with Gasteiger partial charge < -0.3 is 15.5 Å². The summed E-state index contributed by atoms with van der Waals surface area (Å²) < 4.78 is 5.46. The van der Waals surface area contributed by atoms with Crippen molar-refractivity contribution in [3.05, 3.63) is 58.4 Å². The molecule has 0 aliphatic carbocycles. The molecule has 112 valence electrons. The van der Waals surface area contributed by atoms with Gasteiger partial charge in [0.25, 0.3) is 0 Å². The molecule has 0 unspecified atom stereocenters. The summed E-state index contributed by atoms with van der Waals surface area (Å²) in [6.45, 7) is 6.15. The molecular formula is C17H18N4O. The summed E-state index contributed by atoms with van der Waals surface area (Å²) in [6, 6.07) is 10.4. The number of aromatic nitrogens is 2. The molecule has 2 aromatic rings. The molecule has 5 heteroatoms. The first-order valence-corrected chi connectivity index (χ1v) is 7.25. The fraction of sp³-hybridized carbons (Fsp3) is 0.294. The zero-order valence-corrected chi connectivity index (χ0v) is 12.8. The monoisotopic (exact) mass is 294 g/mol. The second-order valence-electron chi connectivity index (χ2n) is 5.79. The third-order valence-corrected chi connectivity index (χ3v) is 3.92. The molecule has 3 rings (SSSR count). The van der Waals surface area contributed by atoms with Gasteiger partial charge in [0.1, 0.15) is 17.5 Å². The first-order chi connectivity index (χ1) is 10.5. The maximum atomic E-state index is 9.47. The average Bonchev–Trinajstić information content (AvgIpc) is 2.85. The van der Waals surface area contributed by atoms with E-state index in [1.54, 1.807) is 0 Å². The first-order valence-electron chi connectivity index (χ1n) is 7.25. The van der Waals surface area contributed by atoms with Crippen LogP contribution in [-0.4, -0.2) is 9.97 Å². The lowest BCUT2D eigenvalue weighted by Gasteiger charge is -2.23. The van der Waals surface area contributed by atoms with E-state index < -0.39 is 0 Å². The van der Waals surface area contributed by atoms with E-state index in [0.717, 1.165) is 17.1 Å². The molecule has 1 aliphatic heterocycles. The third kappa shape index (κ3) is 2.23. The predicted octanol–water partition coefficient (Wildman–Crippen LogP) is 3.06. The fourth-order valence-corrected chi connectivity index (χ4v) is 2.73. The first kappa shape index (κ1) is 14.2. The number of nitrogens with two attached hydrogens (primary N) is 1. The van der Waals surface area contributed by atoms with E-state index >= 15 is 0 Å². The van der Waals surface area contributed by atoms with Crippen LogP contribution in [0.3, 0.4) is 0 Å². The van der Waals surface area contributed by atoms with Crippen molar-refractivity contribution < 1.29 is 4.74 Å². The highest BCUT2D eigenvalue weighted by atomic mass is 16.5. The van der Waals surface area contributed by atoms with Crippen molar-refractivity contribution in [2.24, 2.45) is 5.73 Å². The van der Waals surface area contributed by atoms with Gasteiger partial charge in [-0.05, 0) is 24.0 Å². The van der Waals surface area contributed by atoms with Crippen molar-refractivity contribution in [1.29, 1.82) is 5.26 Å². The molecule has 0 radical (unpaired) electrons. The molecule has 0 spiro atoms. The third-order valence-electron chi connectivity index (χ3n) is 3.92. The molecule has 0 fully saturated rings. The van der Waals surface area contributed by atoms with Gasteiger partial charge in [0.2, 0.25) is 11.8 Å². The Kier molecular flexibility index (Phi) is 3.38. The minimum atomic E-state index is -0.267. The van der Waals surface area contributed by atoms with E-state index in [2.05, 4.69) is 42.0 Å². The molecule has 0 bridgehead atoms. The molecule has 5 nitrogen and oxygen atoms in total. The Labute approximate surface area is 129 Å². The number of hydrogen-bond acceptors (Lipinski definition) is 4. The standard InChI is InChI=1S/C17H18N4O/c1-9(2)11-4-6-12(7-5-11)14-13(8-18)16(19)22-17-15(14)20-10(3)21-17/h4-7,9,14H,19H2,1-3H3,(H,20,21)/t14-/m1/s1. The zero-order valence-electron chi connectivity index (χ0n) is 12.8. The number of fused-ring (bicyclic) bond motifs is 1. The van der Waals surface area contributed by atoms with Crippen molar-refractivity contribution in [3.8, 4) is 11.9 Å². The van der Waals surface area contributed by atoms with Gasteiger partial charge in [0.05, 0.1) is 11.6 Å². The smallest absolute Gasteiger partial charge is 0.243 e. The van der Waals surface area contributed by atoms with Gasteiger partial charge in [-0.2, -0.15) is 10.2 Å². The quantitative estimate of drug-likeness (QED) is 0.891. The molecule has 0 saturated heterocycles. The van der Waals surface area contributed by atoms with Crippen LogP contribution < -0.4 is 10.5 Å².